The van der Waals surface area contributed by atoms with E-state index in [9.17, 15) is 9.59 Å². The molecule has 3 heterocycles. The van der Waals surface area contributed by atoms with E-state index in [0.29, 0.717) is 16.1 Å². The lowest BCUT2D eigenvalue weighted by Gasteiger charge is -2.10. The Morgan fingerprint density at radius 3 is 2.60 bits per heavy atom. The molecule has 0 fully saturated rings. The highest BCUT2D eigenvalue weighted by Crippen LogP contribution is 2.32. The van der Waals surface area contributed by atoms with Gasteiger partial charge in [0, 0.05) is 15.1 Å². The van der Waals surface area contributed by atoms with Crippen molar-refractivity contribution in [2.24, 2.45) is 0 Å². The number of carbonyl (C=O) groups excluding carboxylic acids is 2. The van der Waals surface area contributed by atoms with E-state index in [1.54, 1.807) is 17.4 Å². The summed E-state index contributed by atoms with van der Waals surface area (Å²) in [6.07, 6.45) is 0.958. The van der Waals surface area contributed by atoms with Crippen LogP contribution in [0.25, 0.3) is 21.5 Å². The van der Waals surface area contributed by atoms with Crippen molar-refractivity contribution in [3.8, 4) is 10.6 Å². The molecule has 1 N–H and O–H groups in total. The third-order valence-corrected chi connectivity index (χ3v) is 6.93. The Kier molecular flexibility index (Phi) is 5.65. The number of nitrogens with one attached hydrogen (secondary N) is 1. The van der Waals surface area contributed by atoms with Gasteiger partial charge in [-0.1, -0.05) is 25.1 Å². The van der Waals surface area contributed by atoms with Crippen LogP contribution in [0.3, 0.4) is 0 Å². The monoisotopic (exact) mass is 436 g/mol. The molecule has 5 nitrogen and oxygen atoms in total. The maximum absolute atomic E-state index is 13.3. The number of methoxy groups -OCH3 is 1. The molecule has 0 spiro atoms. The van der Waals surface area contributed by atoms with Crippen molar-refractivity contribution < 1.29 is 14.3 Å². The Bertz CT molecular complexity index is 1260. The van der Waals surface area contributed by atoms with E-state index >= 15 is 0 Å². The smallest absolute Gasteiger partial charge is 0.340 e. The van der Waals surface area contributed by atoms with Gasteiger partial charge in [0.1, 0.15) is 5.00 Å². The number of nitrogens with zero attached hydrogens (tertiary/aromatic N) is 1. The standard InChI is InChI=1S/C23H20N2O3S2/c1-4-14-9-10-20(30-14)19-12-16(15-7-5-6-8-18(15)24-19)21(26)25-22-17(23(27)28-3)11-13(2)29-22/h5-12H,4H2,1-3H3,(H,25,26). The predicted molar refractivity (Wildman–Crippen MR) is 123 cm³/mol. The Morgan fingerprint density at radius 1 is 1.07 bits per heavy atom. The number of hydrogen-bond acceptors (Lipinski definition) is 6. The lowest BCUT2D eigenvalue weighted by atomic mass is 10.1. The molecule has 0 unspecified atom stereocenters. The van der Waals surface area contributed by atoms with Crippen LogP contribution < -0.4 is 5.32 Å². The third kappa shape index (κ3) is 3.86. The molecule has 0 radical (unpaired) electrons. The molecular formula is C23H20N2O3S2. The molecular weight excluding hydrogens is 416 g/mol. The fourth-order valence-electron chi connectivity index (χ4n) is 3.23. The zero-order chi connectivity index (χ0) is 21.3. The second kappa shape index (κ2) is 8.38. The molecule has 1 amide bonds. The summed E-state index contributed by atoms with van der Waals surface area (Å²) in [6, 6.07) is 15.3. The molecule has 30 heavy (non-hydrogen) atoms. The fourth-order valence-corrected chi connectivity index (χ4v) is 5.04. The van der Waals surface area contributed by atoms with Gasteiger partial charge >= 0.3 is 5.97 Å². The fraction of sp³-hybridized carbons (Fsp3) is 0.174. The highest BCUT2D eigenvalue weighted by atomic mass is 32.1. The van der Waals surface area contributed by atoms with E-state index in [2.05, 4.69) is 18.3 Å². The van der Waals surface area contributed by atoms with Crippen LogP contribution >= 0.6 is 22.7 Å². The van der Waals surface area contributed by atoms with Gasteiger partial charge in [0.15, 0.2) is 0 Å². The van der Waals surface area contributed by atoms with Crippen LogP contribution in [0.15, 0.2) is 48.5 Å². The van der Waals surface area contributed by atoms with Crippen molar-refractivity contribution in [2.75, 3.05) is 12.4 Å². The first-order valence-corrected chi connectivity index (χ1v) is 11.1. The minimum atomic E-state index is -0.472. The summed E-state index contributed by atoms with van der Waals surface area (Å²) in [6.45, 7) is 4.00. The summed E-state index contributed by atoms with van der Waals surface area (Å²) in [5.74, 6) is -0.755. The number of anilines is 1. The number of carbonyl (C=O) groups is 2. The number of pyridine rings is 1. The summed E-state index contributed by atoms with van der Waals surface area (Å²) in [7, 11) is 1.33. The summed E-state index contributed by atoms with van der Waals surface area (Å²) in [4.78, 5) is 33.3. The van der Waals surface area contributed by atoms with Crippen molar-refractivity contribution in [3.63, 3.8) is 0 Å². The number of ether oxygens (including phenoxy) is 1. The second-order valence-electron chi connectivity index (χ2n) is 6.74. The number of aryl methyl sites for hydroxylation is 2. The molecule has 0 aliphatic heterocycles. The van der Waals surface area contributed by atoms with E-state index in [-0.39, 0.29) is 5.91 Å². The number of rotatable bonds is 5. The number of hydrogen-bond donors (Lipinski definition) is 1. The van der Waals surface area contributed by atoms with Crippen molar-refractivity contribution in [2.45, 2.75) is 20.3 Å². The first kappa shape index (κ1) is 20.3. The van der Waals surface area contributed by atoms with Gasteiger partial charge in [-0.05, 0) is 43.7 Å². The number of esters is 1. The molecule has 0 aliphatic rings. The number of aromatic nitrogens is 1. The first-order chi connectivity index (χ1) is 14.5. The summed E-state index contributed by atoms with van der Waals surface area (Å²) < 4.78 is 4.85. The van der Waals surface area contributed by atoms with Crippen molar-refractivity contribution in [3.05, 3.63) is 69.4 Å². The topological polar surface area (TPSA) is 68.3 Å². The van der Waals surface area contributed by atoms with Crippen LogP contribution in [0.4, 0.5) is 5.00 Å². The molecule has 0 atom stereocenters. The maximum atomic E-state index is 13.3. The number of para-hydroxylation sites is 1. The molecule has 0 aliphatic carbocycles. The minimum Gasteiger partial charge on any atom is -0.465 e. The maximum Gasteiger partial charge on any atom is 0.340 e. The molecule has 1 aromatic carbocycles. The molecule has 7 heteroatoms. The summed E-state index contributed by atoms with van der Waals surface area (Å²) >= 11 is 3.03. The predicted octanol–water partition coefficient (Wildman–Crippen LogP) is 5.93. The van der Waals surface area contributed by atoms with Gasteiger partial charge in [-0.2, -0.15) is 0 Å². The summed E-state index contributed by atoms with van der Waals surface area (Å²) in [5.41, 5.74) is 2.39. The van der Waals surface area contributed by atoms with E-state index in [0.717, 1.165) is 32.8 Å². The molecule has 0 bridgehead atoms. The van der Waals surface area contributed by atoms with E-state index < -0.39 is 5.97 Å². The molecule has 0 saturated heterocycles. The molecule has 3 aromatic heterocycles. The van der Waals surface area contributed by atoms with Gasteiger partial charge < -0.3 is 10.1 Å². The molecule has 152 valence electrons. The zero-order valence-electron chi connectivity index (χ0n) is 16.8. The third-order valence-electron chi connectivity index (χ3n) is 4.71. The van der Waals surface area contributed by atoms with Crippen LogP contribution in [0.2, 0.25) is 0 Å². The average Bonchev–Trinajstić information content (AvgIpc) is 3.38. The van der Waals surface area contributed by atoms with Gasteiger partial charge in [0.05, 0.1) is 34.3 Å². The van der Waals surface area contributed by atoms with Crippen molar-refractivity contribution in [1.29, 1.82) is 0 Å². The number of thiophene rings is 2. The Hall–Kier alpha value is -3.03. The van der Waals surface area contributed by atoms with Crippen molar-refractivity contribution >= 4 is 50.5 Å². The van der Waals surface area contributed by atoms with Gasteiger partial charge in [-0.3, -0.25) is 4.79 Å². The number of benzene rings is 1. The van der Waals surface area contributed by atoms with Crippen LogP contribution in [-0.2, 0) is 11.2 Å². The molecule has 4 aromatic rings. The lowest BCUT2D eigenvalue weighted by molar-refractivity contribution is 0.0602. The Morgan fingerprint density at radius 2 is 1.87 bits per heavy atom. The van der Waals surface area contributed by atoms with E-state index in [1.807, 2.05) is 43.3 Å². The Balaban J connectivity index is 1.78. The minimum absolute atomic E-state index is 0.283. The number of amides is 1. The SMILES string of the molecule is CCc1ccc(-c2cc(C(=O)Nc3sc(C)cc3C(=O)OC)c3ccccc3n2)s1. The van der Waals surface area contributed by atoms with Gasteiger partial charge in [0.2, 0.25) is 0 Å². The number of fused-ring (bicyclic) bond motifs is 1. The highest BCUT2D eigenvalue weighted by Gasteiger charge is 2.20. The normalized spacial score (nSPS) is 10.9. The lowest BCUT2D eigenvalue weighted by Crippen LogP contribution is -2.14. The quantitative estimate of drug-likeness (QED) is 0.394. The highest BCUT2D eigenvalue weighted by molar-refractivity contribution is 7.16. The van der Waals surface area contributed by atoms with Crippen molar-refractivity contribution in [1.82, 2.24) is 4.98 Å². The summed E-state index contributed by atoms with van der Waals surface area (Å²) in [5, 5.41) is 4.15. The Labute approximate surface area is 182 Å². The molecule has 4 rings (SSSR count). The largest absolute Gasteiger partial charge is 0.465 e. The second-order valence-corrected chi connectivity index (χ2v) is 9.16. The van der Waals surface area contributed by atoms with E-state index in [4.69, 9.17) is 9.72 Å². The average molecular weight is 437 g/mol. The van der Waals surface area contributed by atoms with Crippen LogP contribution in [0.1, 0.15) is 37.4 Å². The van der Waals surface area contributed by atoms with Gasteiger partial charge in [-0.25, -0.2) is 9.78 Å². The zero-order valence-corrected chi connectivity index (χ0v) is 18.4. The van der Waals surface area contributed by atoms with Gasteiger partial charge in [0.25, 0.3) is 5.91 Å². The van der Waals surface area contributed by atoms with Crippen LogP contribution in [-0.4, -0.2) is 24.0 Å². The van der Waals surface area contributed by atoms with Gasteiger partial charge in [-0.15, -0.1) is 22.7 Å². The first-order valence-electron chi connectivity index (χ1n) is 9.49. The van der Waals surface area contributed by atoms with Crippen LogP contribution in [0, 0.1) is 6.92 Å². The van der Waals surface area contributed by atoms with E-state index in [1.165, 1.54) is 23.3 Å². The molecule has 0 saturated carbocycles. The van der Waals surface area contributed by atoms with Crippen LogP contribution in [0.5, 0.6) is 0 Å².